The van der Waals surface area contributed by atoms with Gasteiger partial charge in [0.2, 0.25) is 5.91 Å². The first-order valence-electron chi connectivity index (χ1n) is 6.13. The van der Waals surface area contributed by atoms with Crippen molar-refractivity contribution in [3.05, 3.63) is 15.6 Å². The van der Waals surface area contributed by atoms with Crippen molar-refractivity contribution in [1.29, 1.82) is 0 Å². The van der Waals surface area contributed by atoms with Gasteiger partial charge in [0, 0.05) is 11.4 Å². The maximum Gasteiger partial charge on any atom is 0.240 e. The maximum atomic E-state index is 12.0. The Kier molecular flexibility index (Phi) is 4.31. The molecule has 6 heteroatoms. The van der Waals surface area contributed by atoms with Gasteiger partial charge >= 0.3 is 0 Å². The fraction of sp³-hybridized carbons (Fsp3) is 0.667. The van der Waals surface area contributed by atoms with Gasteiger partial charge in [-0.15, -0.1) is 11.3 Å². The van der Waals surface area contributed by atoms with Crippen LogP contribution in [0.4, 0.5) is 0 Å². The second kappa shape index (κ2) is 5.77. The van der Waals surface area contributed by atoms with Crippen molar-refractivity contribution in [3.8, 4) is 0 Å². The third-order valence-electron chi connectivity index (χ3n) is 3.09. The van der Waals surface area contributed by atoms with Crippen molar-refractivity contribution in [3.63, 3.8) is 0 Å². The molecule has 0 aliphatic carbocycles. The van der Waals surface area contributed by atoms with Crippen molar-refractivity contribution in [2.24, 2.45) is 0 Å². The van der Waals surface area contributed by atoms with Gasteiger partial charge in [-0.25, -0.2) is 4.98 Å². The van der Waals surface area contributed by atoms with E-state index in [2.05, 4.69) is 15.6 Å². The Balaban J connectivity index is 1.87. The van der Waals surface area contributed by atoms with Crippen molar-refractivity contribution in [1.82, 2.24) is 15.6 Å². The molecule has 1 aromatic rings. The second-order valence-corrected chi connectivity index (χ2v) is 5.76. The van der Waals surface area contributed by atoms with E-state index in [1.54, 1.807) is 11.3 Å². The summed E-state index contributed by atoms with van der Waals surface area (Å²) in [5.74, 6) is -0.0206. The van der Waals surface area contributed by atoms with E-state index >= 15 is 0 Å². The zero-order valence-electron chi connectivity index (χ0n) is 10.9. The van der Waals surface area contributed by atoms with Crippen LogP contribution in [0.2, 0.25) is 0 Å². The number of carbonyl (C=O) groups excluding carboxylic acids is 1. The molecule has 1 amide bonds. The number of hydrogen-bond donors (Lipinski definition) is 2. The summed E-state index contributed by atoms with van der Waals surface area (Å²) in [6, 6.07) is -0.263. The molecular weight excluding hydrogens is 250 g/mol. The maximum absolute atomic E-state index is 12.0. The zero-order valence-corrected chi connectivity index (χ0v) is 11.8. The van der Waals surface area contributed by atoms with E-state index in [1.807, 2.05) is 20.8 Å². The van der Waals surface area contributed by atoms with Crippen molar-refractivity contribution in [2.45, 2.75) is 39.5 Å². The average molecular weight is 269 g/mol. The number of nitrogens with zero attached hydrogens (tertiary/aromatic N) is 1. The molecule has 1 aliphatic heterocycles. The van der Waals surface area contributed by atoms with E-state index in [4.69, 9.17) is 4.74 Å². The minimum atomic E-state index is -0.263. The number of aromatic nitrogens is 1. The molecule has 2 rings (SSSR count). The summed E-state index contributed by atoms with van der Waals surface area (Å²) in [7, 11) is 0. The van der Waals surface area contributed by atoms with Gasteiger partial charge in [-0.1, -0.05) is 0 Å². The number of aryl methyl sites for hydroxylation is 2. The summed E-state index contributed by atoms with van der Waals surface area (Å²) >= 11 is 1.63. The van der Waals surface area contributed by atoms with Crippen molar-refractivity contribution >= 4 is 17.2 Å². The van der Waals surface area contributed by atoms with Gasteiger partial charge in [-0.3, -0.25) is 4.79 Å². The Labute approximate surface area is 111 Å². The van der Waals surface area contributed by atoms with Gasteiger partial charge < -0.3 is 15.4 Å². The third kappa shape index (κ3) is 3.07. The number of ether oxygens (including phenoxy) is 1. The van der Waals surface area contributed by atoms with E-state index in [1.165, 1.54) is 4.88 Å². The highest BCUT2D eigenvalue weighted by atomic mass is 32.1. The SMILES string of the molecule is Cc1nc(CNC(=O)[C@H]2NCCO[C@@H]2C)sc1C. The summed E-state index contributed by atoms with van der Waals surface area (Å²) in [4.78, 5) is 17.6. The minimum Gasteiger partial charge on any atom is -0.375 e. The van der Waals surface area contributed by atoms with Gasteiger partial charge in [-0.2, -0.15) is 0 Å². The van der Waals surface area contributed by atoms with Crippen LogP contribution in [0.15, 0.2) is 0 Å². The number of hydrogen-bond acceptors (Lipinski definition) is 5. The van der Waals surface area contributed by atoms with E-state index < -0.39 is 0 Å². The zero-order chi connectivity index (χ0) is 13.1. The monoisotopic (exact) mass is 269 g/mol. The van der Waals surface area contributed by atoms with Crippen LogP contribution in [-0.2, 0) is 16.1 Å². The normalized spacial score (nSPS) is 23.9. The lowest BCUT2D eigenvalue weighted by molar-refractivity contribution is -0.129. The smallest absolute Gasteiger partial charge is 0.240 e. The predicted molar refractivity (Wildman–Crippen MR) is 70.6 cm³/mol. The molecule has 0 spiro atoms. The molecular formula is C12H19N3O2S. The fourth-order valence-corrected chi connectivity index (χ4v) is 2.79. The molecule has 2 atom stereocenters. The molecule has 0 bridgehead atoms. The van der Waals surface area contributed by atoms with E-state index in [-0.39, 0.29) is 18.1 Å². The number of amides is 1. The Hall–Kier alpha value is -0.980. The van der Waals surface area contributed by atoms with Gasteiger partial charge in [0.25, 0.3) is 0 Å². The first kappa shape index (κ1) is 13.5. The number of rotatable bonds is 3. The first-order chi connectivity index (χ1) is 8.58. The van der Waals surface area contributed by atoms with E-state index in [0.29, 0.717) is 13.2 Å². The molecule has 2 heterocycles. The van der Waals surface area contributed by atoms with Crippen LogP contribution >= 0.6 is 11.3 Å². The highest BCUT2D eigenvalue weighted by molar-refractivity contribution is 7.11. The van der Waals surface area contributed by atoms with Gasteiger partial charge in [-0.05, 0) is 20.8 Å². The van der Waals surface area contributed by atoms with Crippen LogP contribution in [0.25, 0.3) is 0 Å². The molecule has 0 unspecified atom stereocenters. The molecule has 100 valence electrons. The number of nitrogens with one attached hydrogen (secondary N) is 2. The lowest BCUT2D eigenvalue weighted by Crippen LogP contribution is -2.55. The average Bonchev–Trinajstić information content (AvgIpc) is 2.66. The molecule has 1 aliphatic rings. The van der Waals surface area contributed by atoms with Crippen LogP contribution in [0, 0.1) is 13.8 Å². The standard InChI is InChI=1S/C12H19N3O2S/c1-7-9(3)18-10(15-7)6-14-12(16)11-8(2)17-5-4-13-11/h8,11,13H,4-6H2,1-3H3,(H,14,16)/t8-,11+/m1/s1. The summed E-state index contributed by atoms with van der Waals surface area (Å²) in [6.45, 7) is 7.80. The third-order valence-corrected chi connectivity index (χ3v) is 4.16. The lowest BCUT2D eigenvalue weighted by Gasteiger charge is -2.29. The lowest BCUT2D eigenvalue weighted by atomic mass is 10.1. The number of thiazole rings is 1. The quantitative estimate of drug-likeness (QED) is 0.850. The molecule has 2 N–H and O–H groups in total. The van der Waals surface area contributed by atoms with Gasteiger partial charge in [0.1, 0.15) is 11.0 Å². The minimum absolute atomic E-state index is 0.0206. The van der Waals surface area contributed by atoms with Crippen LogP contribution < -0.4 is 10.6 Å². The molecule has 0 aromatic carbocycles. The van der Waals surface area contributed by atoms with Crippen LogP contribution in [-0.4, -0.2) is 36.2 Å². The van der Waals surface area contributed by atoms with Crippen molar-refractivity contribution in [2.75, 3.05) is 13.2 Å². The topological polar surface area (TPSA) is 63.2 Å². The van der Waals surface area contributed by atoms with Gasteiger partial charge in [0.15, 0.2) is 0 Å². The molecule has 18 heavy (non-hydrogen) atoms. The molecule has 1 fully saturated rings. The molecule has 0 saturated carbocycles. The summed E-state index contributed by atoms with van der Waals surface area (Å²) in [5, 5.41) is 7.02. The highest BCUT2D eigenvalue weighted by Gasteiger charge is 2.28. The molecule has 5 nitrogen and oxygen atoms in total. The van der Waals surface area contributed by atoms with Crippen molar-refractivity contribution < 1.29 is 9.53 Å². The molecule has 1 saturated heterocycles. The molecule has 0 radical (unpaired) electrons. The summed E-state index contributed by atoms with van der Waals surface area (Å²) in [6.07, 6.45) is -0.0847. The number of carbonyl (C=O) groups is 1. The predicted octanol–water partition coefficient (Wildman–Crippen LogP) is 0.753. The molecule has 1 aromatic heterocycles. The van der Waals surface area contributed by atoms with Crippen LogP contribution in [0.3, 0.4) is 0 Å². The first-order valence-corrected chi connectivity index (χ1v) is 6.95. The Bertz CT molecular complexity index is 413. The Morgan fingerprint density at radius 3 is 3.00 bits per heavy atom. The van der Waals surface area contributed by atoms with E-state index in [9.17, 15) is 4.79 Å². The largest absolute Gasteiger partial charge is 0.375 e. The Morgan fingerprint density at radius 2 is 2.39 bits per heavy atom. The van der Waals surface area contributed by atoms with E-state index in [0.717, 1.165) is 17.2 Å². The van der Waals surface area contributed by atoms with Crippen LogP contribution in [0.5, 0.6) is 0 Å². The fourth-order valence-electron chi connectivity index (χ4n) is 1.91. The summed E-state index contributed by atoms with van der Waals surface area (Å²) < 4.78 is 5.45. The second-order valence-electron chi connectivity index (χ2n) is 4.47. The highest BCUT2D eigenvalue weighted by Crippen LogP contribution is 2.16. The van der Waals surface area contributed by atoms with Gasteiger partial charge in [0.05, 0.1) is 24.9 Å². The Morgan fingerprint density at radius 1 is 1.61 bits per heavy atom. The number of morpholine rings is 1. The van der Waals surface area contributed by atoms with Crippen LogP contribution in [0.1, 0.15) is 22.5 Å². The summed E-state index contributed by atoms with van der Waals surface area (Å²) in [5.41, 5.74) is 1.04.